The first-order valence-corrected chi connectivity index (χ1v) is 14.6. The van der Waals surface area contributed by atoms with Gasteiger partial charge in [0.25, 0.3) is 0 Å². The van der Waals surface area contributed by atoms with E-state index in [-0.39, 0.29) is 32.7 Å². The Kier molecular flexibility index (Phi) is 12.0. The van der Waals surface area contributed by atoms with Gasteiger partial charge in [0, 0.05) is 48.3 Å². The molecule has 0 unspecified atom stereocenters. The number of hydrogen-bond acceptors (Lipinski definition) is 3. The molecule has 1 aromatic heterocycles. The zero-order valence-electron chi connectivity index (χ0n) is 24.3. The molecule has 3 amide bonds. The van der Waals surface area contributed by atoms with Crippen molar-refractivity contribution < 1.29 is 9.59 Å². The molecule has 0 bridgehead atoms. The third-order valence-corrected chi connectivity index (χ3v) is 8.30. The third kappa shape index (κ3) is 8.26. The summed E-state index contributed by atoms with van der Waals surface area (Å²) in [5.41, 5.74) is 5.27. The Morgan fingerprint density at radius 1 is 0.930 bits per heavy atom. The van der Waals surface area contributed by atoms with Gasteiger partial charge < -0.3 is 25.4 Å². The minimum absolute atomic E-state index is 0. The highest BCUT2D eigenvalue weighted by atomic mass is 16.2. The van der Waals surface area contributed by atoms with Gasteiger partial charge in [0.15, 0.2) is 0 Å². The molecule has 230 valence electrons. The van der Waals surface area contributed by atoms with E-state index in [1.165, 1.54) is 11.1 Å². The molecule has 2 atom stereocenters. The smallest absolute Gasteiger partial charge is 0.318 e. The highest BCUT2D eigenvalue weighted by Gasteiger charge is 2.32. The number of anilines is 1. The number of carbonyl (C=O) groups excluding carboxylic acids is 2. The van der Waals surface area contributed by atoms with Crippen molar-refractivity contribution in [1.82, 2.24) is 20.1 Å². The number of fused-ring (bicyclic) bond motifs is 1. The quantitative estimate of drug-likeness (QED) is 0.194. The van der Waals surface area contributed by atoms with E-state index in [1.54, 1.807) is 0 Å². The van der Waals surface area contributed by atoms with Crippen LogP contribution in [0.1, 0.15) is 63.1 Å². The molecule has 3 aromatic carbocycles. The number of likely N-dealkylation sites (tertiary alicyclic amines) is 1. The molecule has 5 rings (SSSR count). The van der Waals surface area contributed by atoms with Gasteiger partial charge in [0.2, 0.25) is 5.91 Å². The monoisotopic (exact) mass is 583 g/mol. The molecule has 3 N–H and O–H groups in total. The van der Waals surface area contributed by atoms with Crippen LogP contribution in [-0.4, -0.2) is 66.5 Å². The number of urea groups is 1. The first kappa shape index (κ1) is 33.4. The lowest BCUT2D eigenvalue weighted by molar-refractivity contribution is -0.118. The fourth-order valence-corrected chi connectivity index (χ4v) is 5.76. The lowest BCUT2D eigenvalue weighted by atomic mass is 9.89. The van der Waals surface area contributed by atoms with Crippen LogP contribution in [0.15, 0.2) is 85.1 Å². The second-order valence-electron chi connectivity index (χ2n) is 11.4. The predicted octanol–water partition coefficient (Wildman–Crippen LogP) is 7.24. The standard InChI is InChI=1S/C34H41N5O2.2CH4/c1-24(30-23-35-31-12-8-7-11-29(30)31)32(33(40)36-28-15-13-25(14-16-28)17-20-38(2)3)37-34(41)39-21-18-27(19-22-39)26-9-5-4-6-10-26;;/h4-16,23-24,27,32,35H,17-22H2,1-3H3,(H,36,40)(H,37,41);2*1H4/t24-,32+;;/m0../s1. The molecule has 1 saturated heterocycles. The molecule has 0 aliphatic carbocycles. The van der Waals surface area contributed by atoms with Crippen molar-refractivity contribution in [1.29, 1.82) is 0 Å². The van der Waals surface area contributed by atoms with E-state index < -0.39 is 6.04 Å². The number of nitrogens with one attached hydrogen (secondary N) is 3. The van der Waals surface area contributed by atoms with Crippen molar-refractivity contribution in [3.05, 3.63) is 102 Å². The topological polar surface area (TPSA) is 80.5 Å². The average molecular weight is 584 g/mol. The molecule has 1 aliphatic heterocycles. The number of aromatic nitrogens is 1. The van der Waals surface area contributed by atoms with Crippen LogP contribution in [0.3, 0.4) is 0 Å². The normalized spacial score (nSPS) is 14.8. The van der Waals surface area contributed by atoms with E-state index in [0.717, 1.165) is 48.0 Å². The van der Waals surface area contributed by atoms with Crippen molar-refractivity contribution in [2.45, 2.75) is 58.9 Å². The SMILES string of the molecule is C.C.C[C@@H](c1c[nH]c2ccccc12)[C@@H](NC(=O)N1CCC(c2ccccc2)CC1)C(=O)Nc1ccc(CCN(C)C)cc1. The van der Waals surface area contributed by atoms with Crippen molar-refractivity contribution in [2.24, 2.45) is 0 Å². The summed E-state index contributed by atoms with van der Waals surface area (Å²) >= 11 is 0. The van der Waals surface area contributed by atoms with Crippen molar-refractivity contribution in [3.8, 4) is 0 Å². The summed E-state index contributed by atoms with van der Waals surface area (Å²) in [7, 11) is 4.12. The Labute approximate surface area is 257 Å². The van der Waals surface area contributed by atoms with Gasteiger partial charge in [-0.15, -0.1) is 0 Å². The van der Waals surface area contributed by atoms with Crippen molar-refractivity contribution in [3.63, 3.8) is 0 Å². The molecular formula is C36H49N5O2. The van der Waals surface area contributed by atoms with Crippen LogP contribution >= 0.6 is 0 Å². The fourth-order valence-electron chi connectivity index (χ4n) is 5.76. The number of carbonyl (C=O) groups is 2. The summed E-state index contributed by atoms with van der Waals surface area (Å²) < 4.78 is 0. The summed E-state index contributed by atoms with van der Waals surface area (Å²) in [6.07, 6.45) is 4.71. The summed E-state index contributed by atoms with van der Waals surface area (Å²) in [6.45, 7) is 4.29. The minimum Gasteiger partial charge on any atom is -0.361 e. The first-order chi connectivity index (χ1) is 19.9. The van der Waals surface area contributed by atoms with Gasteiger partial charge in [-0.3, -0.25) is 4.79 Å². The van der Waals surface area contributed by atoms with Gasteiger partial charge >= 0.3 is 6.03 Å². The van der Waals surface area contributed by atoms with Gasteiger partial charge in [-0.2, -0.15) is 0 Å². The number of H-pyrrole nitrogens is 1. The van der Waals surface area contributed by atoms with Crippen LogP contribution < -0.4 is 10.6 Å². The number of rotatable bonds is 9. The van der Waals surface area contributed by atoms with Gasteiger partial charge in [-0.05, 0) is 74.2 Å². The fraction of sp³-hybridized carbons (Fsp3) is 0.389. The number of piperidine rings is 1. The average Bonchev–Trinajstić information content (AvgIpc) is 3.44. The number of aromatic amines is 1. The van der Waals surface area contributed by atoms with E-state index in [4.69, 9.17) is 0 Å². The molecule has 1 aliphatic rings. The van der Waals surface area contributed by atoms with E-state index in [0.29, 0.717) is 19.0 Å². The van der Waals surface area contributed by atoms with E-state index in [9.17, 15) is 9.59 Å². The van der Waals surface area contributed by atoms with Crippen molar-refractivity contribution in [2.75, 3.05) is 39.0 Å². The zero-order chi connectivity index (χ0) is 28.8. The van der Waals surface area contributed by atoms with E-state index >= 15 is 0 Å². The van der Waals surface area contributed by atoms with Crippen LogP contribution in [0.5, 0.6) is 0 Å². The number of para-hydroxylation sites is 1. The lowest BCUT2D eigenvalue weighted by Crippen LogP contribution is -2.53. The second-order valence-corrected chi connectivity index (χ2v) is 11.4. The zero-order valence-corrected chi connectivity index (χ0v) is 24.3. The molecule has 0 saturated carbocycles. The highest BCUT2D eigenvalue weighted by Crippen LogP contribution is 2.30. The largest absolute Gasteiger partial charge is 0.361 e. The maximum absolute atomic E-state index is 13.8. The van der Waals surface area contributed by atoms with Crippen LogP contribution in [0, 0.1) is 0 Å². The van der Waals surface area contributed by atoms with Crippen molar-refractivity contribution >= 4 is 28.5 Å². The van der Waals surface area contributed by atoms with Gasteiger partial charge in [0.1, 0.15) is 6.04 Å². The number of likely N-dealkylation sites (N-methyl/N-ethyl adjacent to an activating group) is 1. The Bertz CT molecular complexity index is 1440. The summed E-state index contributed by atoms with van der Waals surface area (Å²) in [6, 6.07) is 25.6. The highest BCUT2D eigenvalue weighted by molar-refractivity contribution is 5.98. The van der Waals surface area contributed by atoms with E-state index in [1.807, 2.05) is 66.6 Å². The van der Waals surface area contributed by atoms with E-state index in [2.05, 4.69) is 64.9 Å². The number of nitrogens with zero attached hydrogens (tertiary/aromatic N) is 2. The molecule has 7 nitrogen and oxygen atoms in total. The number of benzene rings is 3. The molecule has 0 spiro atoms. The molecule has 43 heavy (non-hydrogen) atoms. The van der Waals surface area contributed by atoms with Gasteiger partial charge in [0.05, 0.1) is 0 Å². The molecule has 4 aromatic rings. The van der Waals surface area contributed by atoms with Crippen LogP contribution in [-0.2, 0) is 11.2 Å². The number of amides is 3. The Balaban J connectivity index is 0.00000253. The molecule has 1 fully saturated rings. The predicted molar refractivity (Wildman–Crippen MR) is 180 cm³/mol. The minimum atomic E-state index is -0.748. The van der Waals surface area contributed by atoms with Gasteiger partial charge in [-0.25, -0.2) is 4.79 Å². The molecular weight excluding hydrogens is 534 g/mol. The Hall–Kier alpha value is -4.10. The Morgan fingerprint density at radius 3 is 2.26 bits per heavy atom. The van der Waals surface area contributed by atoms with Gasteiger partial charge in [-0.1, -0.05) is 82.4 Å². The first-order valence-electron chi connectivity index (χ1n) is 14.6. The molecule has 0 radical (unpaired) electrons. The third-order valence-electron chi connectivity index (χ3n) is 8.30. The maximum Gasteiger partial charge on any atom is 0.318 e. The van der Waals surface area contributed by atoms with Crippen LogP contribution in [0.25, 0.3) is 10.9 Å². The number of hydrogen-bond donors (Lipinski definition) is 3. The van der Waals surface area contributed by atoms with Crippen LogP contribution in [0.2, 0.25) is 0 Å². The lowest BCUT2D eigenvalue weighted by Gasteiger charge is -2.34. The van der Waals surface area contributed by atoms with Crippen LogP contribution in [0.4, 0.5) is 10.5 Å². The summed E-state index contributed by atoms with van der Waals surface area (Å²) in [5.74, 6) is -0.0298. The second kappa shape index (κ2) is 15.4. The summed E-state index contributed by atoms with van der Waals surface area (Å²) in [5, 5.41) is 7.24. The molecule has 2 heterocycles. The Morgan fingerprint density at radius 2 is 1.58 bits per heavy atom. The molecule has 7 heteroatoms. The maximum atomic E-state index is 13.8. The summed E-state index contributed by atoms with van der Waals surface area (Å²) in [4.78, 5) is 34.6.